The quantitative estimate of drug-likeness (QED) is 0.548. The van der Waals surface area contributed by atoms with Crippen LogP contribution in [0.1, 0.15) is 12.0 Å². The van der Waals surface area contributed by atoms with E-state index in [1.807, 2.05) is 0 Å². The van der Waals surface area contributed by atoms with Gasteiger partial charge in [-0.2, -0.15) is 4.99 Å². The fourth-order valence-corrected chi connectivity index (χ4v) is 1.97. The first kappa shape index (κ1) is 15.4. The molecule has 0 unspecified atom stereocenters. The van der Waals surface area contributed by atoms with Gasteiger partial charge in [-0.15, -0.1) is 0 Å². The molecule has 116 valence electrons. The lowest BCUT2D eigenvalue weighted by Gasteiger charge is -2.12. The number of rotatable bonds is 2. The van der Waals surface area contributed by atoms with Gasteiger partial charge in [-0.1, -0.05) is 12.1 Å². The standard InChI is InChI=1S/C14H16N4O4/c1-21-14(20)17-10-4-2-3-8-7-9(5-6-22-11(8)10)12(19)18-13(15)16/h2-4,7H,5-6H2,1H3,(H,17,20)(H4,15,16,18,19). The Balaban J connectivity index is 2.37. The van der Waals surface area contributed by atoms with E-state index in [2.05, 4.69) is 15.0 Å². The molecule has 0 spiro atoms. The predicted molar refractivity (Wildman–Crippen MR) is 81.4 cm³/mol. The van der Waals surface area contributed by atoms with Crippen molar-refractivity contribution >= 4 is 29.7 Å². The van der Waals surface area contributed by atoms with Crippen LogP contribution in [0.4, 0.5) is 10.5 Å². The molecule has 0 radical (unpaired) electrons. The molecule has 2 amide bonds. The minimum Gasteiger partial charge on any atom is -0.490 e. The highest BCUT2D eigenvalue weighted by Crippen LogP contribution is 2.33. The molecule has 1 aromatic rings. The van der Waals surface area contributed by atoms with Crippen LogP contribution in [-0.4, -0.2) is 31.7 Å². The van der Waals surface area contributed by atoms with Gasteiger partial charge in [0.1, 0.15) is 5.75 Å². The van der Waals surface area contributed by atoms with Crippen LogP contribution in [0, 0.1) is 0 Å². The summed E-state index contributed by atoms with van der Waals surface area (Å²) in [5, 5.41) is 2.56. The van der Waals surface area contributed by atoms with Gasteiger partial charge < -0.3 is 20.9 Å². The van der Waals surface area contributed by atoms with E-state index < -0.39 is 12.0 Å². The normalized spacial score (nSPS) is 12.9. The Labute approximate surface area is 126 Å². The first-order valence-electron chi connectivity index (χ1n) is 6.46. The number of ether oxygens (including phenoxy) is 2. The largest absolute Gasteiger partial charge is 0.490 e. The molecule has 8 heteroatoms. The summed E-state index contributed by atoms with van der Waals surface area (Å²) in [6.45, 7) is 0.254. The van der Waals surface area contributed by atoms with Gasteiger partial charge in [-0.3, -0.25) is 10.1 Å². The number of carbonyl (C=O) groups is 2. The highest BCUT2D eigenvalue weighted by molar-refractivity contribution is 6.04. The topological polar surface area (TPSA) is 129 Å². The van der Waals surface area contributed by atoms with Crippen molar-refractivity contribution in [1.29, 1.82) is 0 Å². The molecule has 1 aromatic carbocycles. The van der Waals surface area contributed by atoms with Gasteiger partial charge in [0.05, 0.1) is 19.4 Å². The van der Waals surface area contributed by atoms with Gasteiger partial charge in [0.15, 0.2) is 5.96 Å². The summed E-state index contributed by atoms with van der Waals surface area (Å²) in [4.78, 5) is 26.8. The third-order valence-electron chi connectivity index (χ3n) is 2.92. The molecule has 0 fully saturated rings. The Hall–Kier alpha value is -3.03. The molecule has 0 aliphatic carbocycles. The van der Waals surface area contributed by atoms with E-state index in [9.17, 15) is 9.59 Å². The van der Waals surface area contributed by atoms with Crippen molar-refractivity contribution < 1.29 is 19.1 Å². The molecule has 0 aromatic heterocycles. The van der Waals surface area contributed by atoms with Crippen LogP contribution in [0.15, 0.2) is 28.8 Å². The number of hydrogen-bond donors (Lipinski definition) is 3. The molecule has 0 bridgehead atoms. The summed E-state index contributed by atoms with van der Waals surface area (Å²) in [5.41, 5.74) is 11.9. The van der Waals surface area contributed by atoms with Crippen LogP contribution in [0.5, 0.6) is 5.75 Å². The highest BCUT2D eigenvalue weighted by atomic mass is 16.5. The maximum absolute atomic E-state index is 11.9. The second-order valence-electron chi connectivity index (χ2n) is 4.45. The van der Waals surface area contributed by atoms with Gasteiger partial charge in [0.2, 0.25) is 0 Å². The van der Waals surface area contributed by atoms with E-state index in [0.717, 1.165) is 0 Å². The summed E-state index contributed by atoms with van der Waals surface area (Å²) in [5.74, 6) is -0.347. The summed E-state index contributed by atoms with van der Waals surface area (Å²) >= 11 is 0. The number of amides is 2. The molecule has 1 heterocycles. The molecule has 8 nitrogen and oxygen atoms in total. The third kappa shape index (κ3) is 3.54. The van der Waals surface area contributed by atoms with Crippen LogP contribution < -0.4 is 21.5 Å². The number of methoxy groups -OCH3 is 1. The smallest absolute Gasteiger partial charge is 0.411 e. The molecule has 2 rings (SSSR count). The fraction of sp³-hybridized carbons (Fsp3) is 0.214. The first-order chi connectivity index (χ1) is 10.5. The van der Waals surface area contributed by atoms with Gasteiger partial charge in [-0.05, 0) is 12.1 Å². The molecular formula is C14H16N4O4. The lowest BCUT2D eigenvalue weighted by atomic mass is 10.1. The third-order valence-corrected chi connectivity index (χ3v) is 2.92. The zero-order valence-corrected chi connectivity index (χ0v) is 12.0. The molecule has 5 N–H and O–H groups in total. The molecule has 22 heavy (non-hydrogen) atoms. The van der Waals surface area contributed by atoms with E-state index in [1.54, 1.807) is 24.3 Å². The van der Waals surface area contributed by atoms with Gasteiger partial charge >= 0.3 is 6.09 Å². The average Bonchev–Trinajstić information content (AvgIpc) is 2.69. The van der Waals surface area contributed by atoms with Crippen molar-refractivity contribution in [2.45, 2.75) is 6.42 Å². The highest BCUT2D eigenvalue weighted by Gasteiger charge is 2.18. The Bertz CT molecular complexity index is 663. The lowest BCUT2D eigenvalue weighted by Crippen LogP contribution is -2.24. The monoisotopic (exact) mass is 304 g/mol. The minimum atomic E-state index is -0.609. The zero-order valence-electron chi connectivity index (χ0n) is 12.0. The number of nitrogens with one attached hydrogen (secondary N) is 1. The minimum absolute atomic E-state index is 0.254. The number of nitrogens with two attached hydrogens (primary N) is 2. The summed E-state index contributed by atoms with van der Waals surface area (Å²) in [6.07, 6.45) is 1.38. The molecule has 0 saturated heterocycles. The van der Waals surface area contributed by atoms with Crippen LogP contribution in [0.2, 0.25) is 0 Å². The SMILES string of the molecule is COC(=O)Nc1cccc2c1OCCC(C(=O)N=C(N)N)=C2. The van der Waals surface area contributed by atoms with Gasteiger partial charge in [-0.25, -0.2) is 4.79 Å². The zero-order chi connectivity index (χ0) is 16.1. The Kier molecular flexibility index (Phi) is 4.62. The number of guanidine groups is 1. The van der Waals surface area contributed by atoms with E-state index in [-0.39, 0.29) is 12.6 Å². The van der Waals surface area contributed by atoms with Crippen LogP contribution in [0.3, 0.4) is 0 Å². The van der Waals surface area contributed by atoms with Gasteiger partial charge in [0.25, 0.3) is 5.91 Å². The summed E-state index contributed by atoms with van der Waals surface area (Å²) < 4.78 is 10.2. The van der Waals surface area contributed by atoms with Crippen molar-refractivity contribution in [2.75, 3.05) is 19.0 Å². The molecule has 0 saturated carbocycles. The number of aliphatic imine (C=N–C) groups is 1. The number of carbonyl (C=O) groups excluding carboxylic acids is 2. The number of fused-ring (bicyclic) bond motifs is 1. The fourth-order valence-electron chi connectivity index (χ4n) is 1.97. The predicted octanol–water partition coefficient (Wildman–Crippen LogP) is 0.831. The first-order valence-corrected chi connectivity index (χ1v) is 6.46. The maximum atomic E-state index is 11.9. The van der Waals surface area contributed by atoms with Crippen LogP contribution >= 0.6 is 0 Å². The average molecular weight is 304 g/mol. The summed E-state index contributed by atoms with van der Waals surface area (Å²) in [7, 11) is 1.27. The molecular weight excluding hydrogens is 288 g/mol. The molecule has 1 aliphatic heterocycles. The van der Waals surface area contributed by atoms with Crippen LogP contribution in [-0.2, 0) is 9.53 Å². The number of anilines is 1. The van der Waals surface area contributed by atoms with Crippen molar-refractivity contribution in [1.82, 2.24) is 0 Å². The Morgan fingerprint density at radius 2 is 2.14 bits per heavy atom. The molecule has 0 atom stereocenters. The second kappa shape index (κ2) is 6.61. The van der Waals surface area contributed by atoms with Crippen molar-refractivity contribution in [3.05, 3.63) is 29.3 Å². The lowest BCUT2D eigenvalue weighted by molar-refractivity contribution is -0.114. The van der Waals surface area contributed by atoms with Crippen molar-refractivity contribution in [2.24, 2.45) is 16.5 Å². The number of para-hydroxylation sites is 1. The number of nitrogens with zero attached hydrogens (tertiary/aromatic N) is 1. The Morgan fingerprint density at radius 1 is 1.36 bits per heavy atom. The number of hydrogen-bond acceptors (Lipinski definition) is 4. The van der Waals surface area contributed by atoms with E-state index >= 15 is 0 Å². The van der Waals surface area contributed by atoms with Gasteiger partial charge in [0, 0.05) is 17.6 Å². The van der Waals surface area contributed by atoms with E-state index in [0.29, 0.717) is 29.0 Å². The van der Waals surface area contributed by atoms with Crippen LogP contribution in [0.25, 0.3) is 6.08 Å². The van der Waals surface area contributed by atoms with E-state index in [1.165, 1.54) is 7.11 Å². The number of benzene rings is 1. The Morgan fingerprint density at radius 3 is 2.82 bits per heavy atom. The van der Waals surface area contributed by atoms with Crippen molar-refractivity contribution in [3.8, 4) is 5.75 Å². The molecule has 1 aliphatic rings. The van der Waals surface area contributed by atoms with E-state index in [4.69, 9.17) is 16.2 Å². The maximum Gasteiger partial charge on any atom is 0.411 e. The van der Waals surface area contributed by atoms with Crippen molar-refractivity contribution in [3.63, 3.8) is 0 Å². The summed E-state index contributed by atoms with van der Waals surface area (Å²) in [6, 6.07) is 5.15. The second-order valence-corrected chi connectivity index (χ2v) is 4.45.